The molecule has 1 aromatic heterocycles. The molecule has 2 aliphatic carbocycles. The van der Waals surface area contributed by atoms with Crippen LogP contribution < -0.4 is 9.47 Å². The molecular formula is C15H20BrNO2. The first-order chi connectivity index (χ1) is 8.84. The molecule has 0 unspecified atom stereocenters. The van der Waals surface area contributed by atoms with Crippen LogP contribution in [0.3, 0.4) is 0 Å². The Balaban J connectivity index is 1.86. The lowest BCUT2D eigenvalue weighted by Crippen LogP contribution is -2.39. The van der Waals surface area contributed by atoms with Crippen molar-refractivity contribution >= 4 is 15.9 Å². The van der Waals surface area contributed by atoms with Crippen molar-refractivity contribution in [2.45, 2.75) is 46.1 Å². The highest BCUT2D eigenvalue weighted by Crippen LogP contribution is 2.66. The molecule has 4 heteroatoms. The maximum Gasteiger partial charge on any atom is 0.198 e. The van der Waals surface area contributed by atoms with Gasteiger partial charge in [-0.15, -0.1) is 0 Å². The number of halogens is 1. The molecule has 0 spiro atoms. The lowest BCUT2D eigenvalue weighted by molar-refractivity contribution is -0.606. The normalized spacial score (nSPS) is 35.6. The molecule has 0 aromatic carbocycles. The summed E-state index contributed by atoms with van der Waals surface area (Å²) in [5.41, 5.74) is 0.581. The highest BCUT2D eigenvalue weighted by molar-refractivity contribution is 9.10. The molecule has 1 heterocycles. The van der Waals surface area contributed by atoms with Gasteiger partial charge in [-0.3, -0.25) is 0 Å². The van der Waals surface area contributed by atoms with E-state index >= 15 is 0 Å². The Hall–Kier alpha value is -0.770. The van der Waals surface area contributed by atoms with E-state index in [0.29, 0.717) is 5.41 Å². The van der Waals surface area contributed by atoms with Gasteiger partial charge in [0.2, 0.25) is 0 Å². The van der Waals surface area contributed by atoms with Crippen LogP contribution in [0.2, 0.25) is 0 Å². The van der Waals surface area contributed by atoms with Gasteiger partial charge >= 0.3 is 0 Å². The monoisotopic (exact) mass is 325 g/mol. The Morgan fingerprint density at radius 1 is 1.42 bits per heavy atom. The zero-order valence-corrected chi connectivity index (χ0v) is 13.2. The van der Waals surface area contributed by atoms with E-state index in [0.717, 1.165) is 27.3 Å². The van der Waals surface area contributed by atoms with Crippen LogP contribution in [0.1, 0.15) is 40.0 Å². The largest absolute Gasteiger partial charge is 0.619 e. The van der Waals surface area contributed by atoms with E-state index in [1.54, 1.807) is 6.07 Å². The Morgan fingerprint density at radius 2 is 2.16 bits per heavy atom. The summed E-state index contributed by atoms with van der Waals surface area (Å²) in [4.78, 5) is 0. The third-order valence-corrected chi connectivity index (χ3v) is 6.43. The molecule has 19 heavy (non-hydrogen) atoms. The maximum absolute atomic E-state index is 11.2. The Kier molecular flexibility index (Phi) is 2.86. The van der Waals surface area contributed by atoms with Crippen molar-refractivity contribution in [2.24, 2.45) is 16.7 Å². The SMILES string of the molecule is CC1(C)[C@@H]2CC[C@]1(C)[C@H](Oc1cc[n+]([O-])cc1Br)C2. The van der Waals surface area contributed by atoms with Crippen molar-refractivity contribution in [3.8, 4) is 5.75 Å². The van der Waals surface area contributed by atoms with Crippen molar-refractivity contribution < 1.29 is 9.47 Å². The zero-order chi connectivity index (χ0) is 13.8. The minimum atomic E-state index is 0.236. The summed E-state index contributed by atoms with van der Waals surface area (Å²) < 4.78 is 7.75. The number of nitrogens with zero attached hydrogens (tertiary/aromatic N) is 1. The van der Waals surface area contributed by atoms with E-state index in [-0.39, 0.29) is 11.5 Å². The van der Waals surface area contributed by atoms with Crippen LogP contribution in [-0.4, -0.2) is 6.10 Å². The van der Waals surface area contributed by atoms with Gasteiger partial charge in [-0.25, -0.2) is 0 Å². The topological polar surface area (TPSA) is 36.2 Å². The van der Waals surface area contributed by atoms with E-state index < -0.39 is 0 Å². The zero-order valence-electron chi connectivity index (χ0n) is 11.6. The molecule has 0 saturated heterocycles. The molecule has 0 N–H and O–H groups in total. The van der Waals surface area contributed by atoms with Gasteiger partial charge in [0.05, 0.1) is 0 Å². The summed E-state index contributed by atoms with van der Waals surface area (Å²) in [6.07, 6.45) is 6.92. The third kappa shape index (κ3) is 1.79. The quantitative estimate of drug-likeness (QED) is 0.614. The number of pyridine rings is 1. The van der Waals surface area contributed by atoms with Gasteiger partial charge in [-0.1, -0.05) is 20.8 Å². The van der Waals surface area contributed by atoms with Crippen molar-refractivity contribution in [1.29, 1.82) is 0 Å². The van der Waals surface area contributed by atoms with Crippen molar-refractivity contribution in [3.05, 3.63) is 28.1 Å². The van der Waals surface area contributed by atoms with Crippen molar-refractivity contribution in [3.63, 3.8) is 0 Å². The van der Waals surface area contributed by atoms with E-state index in [1.165, 1.54) is 25.2 Å². The third-order valence-electron chi connectivity index (χ3n) is 5.83. The molecule has 3 atom stereocenters. The highest BCUT2D eigenvalue weighted by Gasteiger charge is 2.62. The summed E-state index contributed by atoms with van der Waals surface area (Å²) in [7, 11) is 0. The number of fused-ring (bicyclic) bond motifs is 2. The second-order valence-corrected chi connectivity index (χ2v) is 7.59. The maximum atomic E-state index is 11.2. The molecule has 1 aromatic rings. The van der Waals surface area contributed by atoms with Gasteiger partial charge < -0.3 is 9.94 Å². The predicted octanol–water partition coefficient (Wildman–Crippen LogP) is 3.68. The average molecular weight is 326 g/mol. The van der Waals surface area contributed by atoms with Crippen LogP contribution in [0.4, 0.5) is 0 Å². The van der Waals surface area contributed by atoms with E-state index in [2.05, 4.69) is 36.7 Å². The van der Waals surface area contributed by atoms with E-state index in [4.69, 9.17) is 4.74 Å². The molecule has 0 aliphatic heterocycles. The summed E-state index contributed by atoms with van der Waals surface area (Å²) >= 11 is 3.41. The van der Waals surface area contributed by atoms with Gasteiger partial charge in [0.15, 0.2) is 12.4 Å². The molecule has 0 radical (unpaired) electrons. The predicted molar refractivity (Wildman–Crippen MR) is 76.7 cm³/mol. The molecule has 2 aliphatic rings. The van der Waals surface area contributed by atoms with Crippen LogP contribution in [0.25, 0.3) is 0 Å². The first kappa shape index (κ1) is 13.2. The summed E-state index contributed by atoms with van der Waals surface area (Å²) in [5.74, 6) is 1.54. The minimum Gasteiger partial charge on any atom is -0.619 e. The smallest absolute Gasteiger partial charge is 0.198 e. The van der Waals surface area contributed by atoms with Gasteiger partial charge in [0.25, 0.3) is 0 Å². The Labute approximate surface area is 122 Å². The van der Waals surface area contributed by atoms with Crippen LogP contribution in [0, 0.1) is 22.0 Å². The fourth-order valence-electron chi connectivity index (χ4n) is 4.00. The van der Waals surface area contributed by atoms with E-state index in [1.807, 2.05) is 0 Å². The van der Waals surface area contributed by atoms with Crippen LogP contribution >= 0.6 is 15.9 Å². The molecular weight excluding hydrogens is 306 g/mol. The standard InChI is InChI=1S/C15H20BrNO2/c1-14(2)10-4-6-15(14,3)13(8-10)19-12-5-7-17(18)9-11(12)16/h5,7,9-10,13H,4,6,8H2,1-3H3/t10-,13-,15-/m1/s1. The van der Waals surface area contributed by atoms with E-state index in [9.17, 15) is 5.21 Å². The summed E-state index contributed by atoms with van der Waals surface area (Å²) in [6, 6.07) is 1.75. The summed E-state index contributed by atoms with van der Waals surface area (Å²) in [6.45, 7) is 7.11. The average Bonchev–Trinajstić information content (AvgIpc) is 2.65. The molecule has 104 valence electrons. The fraction of sp³-hybridized carbons (Fsp3) is 0.667. The summed E-state index contributed by atoms with van der Waals surface area (Å²) in [5, 5.41) is 11.2. The molecule has 0 amide bonds. The Morgan fingerprint density at radius 3 is 2.68 bits per heavy atom. The molecule has 3 nitrogen and oxygen atoms in total. The molecule has 3 rings (SSSR count). The second kappa shape index (κ2) is 4.11. The lowest BCUT2D eigenvalue weighted by atomic mass is 9.70. The molecule has 2 saturated carbocycles. The Bertz CT molecular complexity index is 517. The minimum absolute atomic E-state index is 0.236. The first-order valence-corrected chi connectivity index (χ1v) is 7.69. The fourth-order valence-corrected chi connectivity index (χ4v) is 4.42. The first-order valence-electron chi connectivity index (χ1n) is 6.89. The molecule has 2 fully saturated rings. The number of hydrogen-bond donors (Lipinski definition) is 0. The second-order valence-electron chi connectivity index (χ2n) is 6.73. The van der Waals surface area contributed by atoms with Crippen molar-refractivity contribution in [2.75, 3.05) is 0 Å². The van der Waals surface area contributed by atoms with Crippen LogP contribution in [-0.2, 0) is 0 Å². The van der Waals surface area contributed by atoms with Crippen LogP contribution in [0.5, 0.6) is 5.75 Å². The number of rotatable bonds is 2. The molecule has 2 bridgehead atoms. The van der Waals surface area contributed by atoms with Gasteiger partial charge in [0.1, 0.15) is 16.3 Å². The van der Waals surface area contributed by atoms with Crippen molar-refractivity contribution in [1.82, 2.24) is 0 Å². The number of ether oxygens (including phenoxy) is 1. The number of aromatic nitrogens is 1. The number of hydrogen-bond acceptors (Lipinski definition) is 2. The highest BCUT2D eigenvalue weighted by atomic mass is 79.9. The van der Waals surface area contributed by atoms with Gasteiger partial charge in [-0.05, 0) is 46.5 Å². The van der Waals surface area contributed by atoms with Gasteiger partial charge in [-0.2, -0.15) is 4.73 Å². The van der Waals surface area contributed by atoms with Gasteiger partial charge in [0, 0.05) is 11.5 Å². The van der Waals surface area contributed by atoms with Crippen LogP contribution in [0.15, 0.2) is 22.9 Å². The lowest BCUT2D eigenvalue weighted by Gasteiger charge is -2.38.